The summed E-state index contributed by atoms with van der Waals surface area (Å²) in [6.45, 7) is 4.02. The fourth-order valence-corrected chi connectivity index (χ4v) is 3.86. The highest BCUT2D eigenvalue weighted by molar-refractivity contribution is 5.95. The number of rotatable bonds is 2. The molecule has 0 radical (unpaired) electrons. The summed E-state index contributed by atoms with van der Waals surface area (Å²) in [6.07, 6.45) is 6.00. The predicted molar refractivity (Wildman–Crippen MR) is 91.8 cm³/mol. The van der Waals surface area contributed by atoms with Crippen molar-refractivity contribution >= 4 is 16.6 Å². The van der Waals surface area contributed by atoms with Gasteiger partial charge in [-0.05, 0) is 55.2 Å². The van der Waals surface area contributed by atoms with E-state index in [2.05, 4.69) is 28.9 Å². The Morgan fingerprint density at radius 3 is 2.61 bits per heavy atom. The van der Waals surface area contributed by atoms with Gasteiger partial charge >= 0.3 is 0 Å². The number of hydrogen-bond donors (Lipinski definition) is 1. The van der Waals surface area contributed by atoms with E-state index < -0.39 is 0 Å². The van der Waals surface area contributed by atoms with Crippen LogP contribution in [0.2, 0.25) is 0 Å². The van der Waals surface area contributed by atoms with Crippen LogP contribution in [0.25, 0.3) is 10.9 Å². The van der Waals surface area contributed by atoms with Gasteiger partial charge in [0.05, 0.1) is 11.2 Å². The number of piperidine rings is 1. The van der Waals surface area contributed by atoms with Gasteiger partial charge in [-0.15, -0.1) is 0 Å². The van der Waals surface area contributed by atoms with E-state index in [0.717, 1.165) is 36.1 Å². The van der Waals surface area contributed by atoms with E-state index in [1.807, 2.05) is 12.1 Å². The van der Waals surface area contributed by atoms with Crippen LogP contribution in [-0.4, -0.2) is 18.1 Å². The Kier molecular flexibility index (Phi) is 3.19. The third kappa shape index (κ3) is 2.31. The summed E-state index contributed by atoms with van der Waals surface area (Å²) in [7, 11) is 0. The van der Waals surface area contributed by atoms with Gasteiger partial charge < -0.3 is 9.88 Å². The van der Waals surface area contributed by atoms with Gasteiger partial charge in [-0.25, -0.2) is 0 Å². The van der Waals surface area contributed by atoms with E-state index in [-0.39, 0.29) is 11.1 Å². The maximum atomic E-state index is 12.3. The Balaban J connectivity index is 1.88. The average molecular weight is 307 g/mol. The molecule has 1 aliphatic carbocycles. The molecule has 0 atom stereocenters. The zero-order valence-electron chi connectivity index (χ0n) is 13.5. The molecule has 1 N–H and O–H groups in total. The van der Waals surface area contributed by atoms with E-state index in [0.29, 0.717) is 5.41 Å². The Morgan fingerprint density at radius 1 is 1.26 bits per heavy atom. The number of nitriles is 1. The fraction of sp³-hybridized carbons (Fsp3) is 0.474. The van der Waals surface area contributed by atoms with Crippen LogP contribution in [-0.2, 0) is 6.42 Å². The standard InChI is InChI=1S/C19H21N3O/c1-2-13-3-4-16-14(11-13)17(15(12-20)18(23)21-16)22-9-7-19(5-6-19)8-10-22/h3-4,11H,2,5-10H2,1H3,(H,21,23). The van der Waals surface area contributed by atoms with Gasteiger partial charge in [-0.3, -0.25) is 4.79 Å². The lowest BCUT2D eigenvalue weighted by atomic mass is 9.92. The first kappa shape index (κ1) is 14.3. The van der Waals surface area contributed by atoms with Crippen LogP contribution < -0.4 is 10.5 Å². The number of benzene rings is 1. The minimum Gasteiger partial charge on any atom is -0.370 e. The monoisotopic (exact) mass is 307 g/mol. The maximum absolute atomic E-state index is 12.3. The highest BCUT2D eigenvalue weighted by Crippen LogP contribution is 2.54. The molecule has 0 bridgehead atoms. The van der Waals surface area contributed by atoms with Crippen LogP contribution in [0.5, 0.6) is 0 Å². The number of aromatic nitrogens is 1. The number of H-pyrrole nitrogens is 1. The zero-order valence-corrected chi connectivity index (χ0v) is 13.5. The van der Waals surface area contributed by atoms with Gasteiger partial charge in [0.1, 0.15) is 11.6 Å². The summed E-state index contributed by atoms with van der Waals surface area (Å²) in [5.74, 6) is 0. The Morgan fingerprint density at radius 2 is 2.00 bits per heavy atom. The number of pyridine rings is 1. The largest absolute Gasteiger partial charge is 0.370 e. The molecule has 1 spiro atoms. The molecule has 0 amide bonds. The van der Waals surface area contributed by atoms with Gasteiger partial charge in [0, 0.05) is 18.5 Å². The second-order valence-electron chi connectivity index (χ2n) is 7.01. The summed E-state index contributed by atoms with van der Waals surface area (Å²) >= 11 is 0. The van der Waals surface area contributed by atoms with Crippen molar-refractivity contribution in [2.45, 2.75) is 39.0 Å². The molecule has 4 rings (SSSR count). The van der Waals surface area contributed by atoms with Crippen molar-refractivity contribution in [3.05, 3.63) is 39.7 Å². The Hall–Kier alpha value is -2.28. The number of hydrogen-bond acceptors (Lipinski definition) is 3. The van der Waals surface area contributed by atoms with Crippen LogP contribution in [0.3, 0.4) is 0 Å². The minimum absolute atomic E-state index is 0.262. The first-order chi connectivity index (χ1) is 11.2. The number of fused-ring (bicyclic) bond motifs is 1. The Bertz CT molecular complexity index is 861. The molecule has 1 saturated heterocycles. The summed E-state index contributed by atoms with van der Waals surface area (Å²) < 4.78 is 0. The zero-order chi connectivity index (χ0) is 16.0. The van der Waals surface area contributed by atoms with Crippen molar-refractivity contribution in [1.29, 1.82) is 5.26 Å². The van der Waals surface area contributed by atoms with E-state index in [4.69, 9.17) is 0 Å². The van der Waals surface area contributed by atoms with Crippen LogP contribution in [0.15, 0.2) is 23.0 Å². The first-order valence-corrected chi connectivity index (χ1v) is 8.50. The molecule has 23 heavy (non-hydrogen) atoms. The SMILES string of the molecule is CCc1ccc2[nH]c(=O)c(C#N)c(N3CCC4(CC3)CC4)c2c1. The highest BCUT2D eigenvalue weighted by atomic mass is 16.1. The molecule has 1 aliphatic heterocycles. The lowest BCUT2D eigenvalue weighted by molar-refractivity contribution is 0.385. The number of aryl methyl sites for hydroxylation is 1. The fourth-order valence-electron chi connectivity index (χ4n) is 3.86. The van der Waals surface area contributed by atoms with Gasteiger partial charge in [0.2, 0.25) is 0 Å². The summed E-state index contributed by atoms with van der Waals surface area (Å²) in [5.41, 5.74) is 3.47. The molecule has 1 aromatic carbocycles. The van der Waals surface area contributed by atoms with Crippen molar-refractivity contribution in [2.24, 2.45) is 5.41 Å². The van der Waals surface area contributed by atoms with Gasteiger partial charge in [-0.1, -0.05) is 13.0 Å². The van der Waals surface area contributed by atoms with Gasteiger partial charge in [0.25, 0.3) is 5.56 Å². The third-order valence-electron chi connectivity index (χ3n) is 5.67. The summed E-state index contributed by atoms with van der Waals surface area (Å²) in [4.78, 5) is 17.4. The summed E-state index contributed by atoms with van der Waals surface area (Å²) in [5, 5.41) is 10.5. The van der Waals surface area contributed by atoms with E-state index in [9.17, 15) is 10.1 Å². The molecular formula is C19H21N3O. The van der Waals surface area contributed by atoms with Crippen LogP contribution >= 0.6 is 0 Å². The molecule has 2 heterocycles. The van der Waals surface area contributed by atoms with Gasteiger partial charge in [0.15, 0.2) is 0 Å². The molecule has 2 aliphatic rings. The molecule has 2 aromatic rings. The lowest BCUT2D eigenvalue weighted by Crippen LogP contribution is -2.36. The van der Waals surface area contributed by atoms with Crippen molar-refractivity contribution in [3.63, 3.8) is 0 Å². The molecule has 1 aromatic heterocycles. The molecule has 4 nitrogen and oxygen atoms in total. The lowest BCUT2D eigenvalue weighted by Gasteiger charge is -2.34. The predicted octanol–water partition coefficient (Wildman–Crippen LogP) is 3.34. The number of aromatic amines is 1. The Labute approximate surface area is 135 Å². The van der Waals surface area contributed by atoms with Gasteiger partial charge in [-0.2, -0.15) is 5.26 Å². The second-order valence-corrected chi connectivity index (χ2v) is 7.01. The van der Waals surface area contributed by atoms with Crippen LogP contribution in [0.1, 0.15) is 43.7 Å². The van der Waals surface area contributed by atoms with Crippen molar-refractivity contribution < 1.29 is 0 Å². The topological polar surface area (TPSA) is 59.9 Å². The molecule has 118 valence electrons. The summed E-state index contributed by atoms with van der Waals surface area (Å²) in [6, 6.07) is 8.28. The normalized spacial score (nSPS) is 19.0. The van der Waals surface area contributed by atoms with Crippen molar-refractivity contribution in [3.8, 4) is 6.07 Å². The molecular weight excluding hydrogens is 286 g/mol. The smallest absolute Gasteiger partial charge is 0.268 e. The average Bonchev–Trinajstić information content (AvgIpc) is 3.33. The van der Waals surface area contributed by atoms with E-state index in [1.54, 1.807) is 0 Å². The molecule has 2 fully saturated rings. The molecule has 1 saturated carbocycles. The maximum Gasteiger partial charge on any atom is 0.268 e. The second kappa shape index (κ2) is 5.13. The van der Waals surface area contributed by atoms with E-state index in [1.165, 1.54) is 31.2 Å². The number of anilines is 1. The highest BCUT2D eigenvalue weighted by Gasteiger charge is 2.44. The number of nitrogens with one attached hydrogen (secondary N) is 1. The van der Waals surface area contributed by atoms with E-state index >= 15 is 0 Å². The quantitative estimate of drug-likeness (QED) is 0.925. The first-order valence-electron chi connectivity index (χ1n) is 8.50. The van der Waals surface area contributed by atoms with Crippen LogP contribution in [0, 0.1) is 16.7 Å². The third-order valence-corrected chi connectivity index (χ3v) is 5.67. The van der Waals surface area contributed by atoms with Crippen LogP contribution in [0.4, 0.5) is 5.69 Å². The molecule has 0 unspecified atom stereocenters. The molecule has 4 heteroatoms. The number of nitrogens with zero attached hydrogens (tertiary/aromatic N) is 2. The van der Waals surface area contributed by atoms with Crippen molar-refractivity contribution in [1.82, 2.24) is 4.98 Å². The van der Waals surface area contributed by atoms with Crippen molar-refractivity contribution in [2.75, 3.05) is 18.0 Å². The minimum atomic E-state index is -0.272.